The maximum Gasteiger partial charge on any atom is 0.274 e. The molecular formula is C30H33FN6O4S2. The number of fused-ring (bicyclic) bond motifs is 2. The highest BCUT2D eigenvalue weighted by Gasteiger charge is 2.38. The molecule has 0 bridgehead atoms. The SMILES string of the molecule is Cc1c(S(=O)(=O)N2C=CNC(=O)C2Cc2cn(C3CCOc4cc(CN(C)C(C)C)ccc43)nn2)sc2ccc(F)cc12. The number of thiophene rings is 1. The Morgan fingerprint density at radius 2 is 2.05 bits per heavy atom. The molecule has 6 rings (SSSR count). The Morgan fingerprint density at radius 1 is 1.23 bits per heavy atom. The maximum atomic E-state index is 13.9. The van der Waals surface area contributed by atoms with E-state index in [0.717, 1.165) is 39.1 Å². The highest BCUT2D eigenvalue weighted by Crippen LogP contribution is 2.38. The molecule has 0 aliphatic carbocycles. The predicted octanol–water partition coefficient (Wildman–Crippen LogP) is 4.36. The highest BCUT2D eigenvalue weighted by molar-refractivity contribution is 7.91. The van der Waals surface area contributed by atoms with Crippen molar-refractivity contribution in [2.75, 3.05) is 13.7 Å². The Labute approximate surface area is 253 Å². The second-order valence-corrected chi connectivity index (χ2v) is 14.3. The molecule has 13 heteroatoms. The first-order valence-electron chi connectivity index (χ1n) is 14.1. The molecule has 0 saturated carbocycles. The normalized spacial score (nSPS) is 18.8. The lowest BCUT2D eigenvalue weighted by Gasteiger charge is -2.30. The lowest BCUT2D eigenvalue weighted by molar-refractivity contribution is -0.124. The van der Waals surface area contributed by atoms with Gasteiger partial charge in [-0.25, -0.2) is 17.5 Å². The van der Waals surface area contributed by atoms with E-state index >= 15 is 0 Å². The monoisotopic (exact) mass is 624 g/mol. The quantitative estimate of drug-likeness (QED) is 0.310. The Kier molecular flexibility index (Phi) is 7.73. The van der Waals surface area contributed by atoms with Crippen LogP contribution in [0.2, 0.25) is 0 Å². The summed E-state index contributed by atoms with van der Waals surface area (Å²) in [5.74, 6) is -0.0989. The number of rotatable bonds is 8. The highest BCUT2D eigenvalue weighted by atomic mass is 32.2. The van der Waals surface area contributed by atoms with Gasteiger partial charge in [-0.2, -0.15) is 0 Å². The van der Waals surface area contributed by atoms with Crippen LogP contribution in [0.1, 0.15) is 48.7 Å². The van der Waals surface area contributed by atoms with Crippen molar-refractivity contribution in [2.45, 2.75) is 62.5 Å². The van der Waals surface area contributed by atoms with Crippen molar-refractivity contribution in [3.63, 3.8) is 0 Å². The fourth-order valence-corrected chi connectivity index (χ4v) is 8.75. The van der Waals surface area contributed by atoms with Gasteiger partial charge in [-0.05, 0) is 68.6 Å². The van der Waals surface area contributed by atoms with E-state index in [0.29, 0.717) is 40.4 Å². The summed E-state index contributed by atoms with van der Waals surface area (Å²) in [6.45, 7) is 7.29. The predicted molar refractivity (Wildman–Crippen MR) is 162 cm³/mol. The van der Waals surface area contributed by atoms with Crippen LogP contribution in [0.3, 0.4) is 0 Å². The number of carbonyl (C=O) groups is 1. The summed E-state index contributed by atoms with van der Waals surface area (Å²) in [4.78, 5) is 15.3. The Bertz CT molecular complexity index is 1830. The van der Waals surface area contributed by atoms with E-state index in [2.05, 4.69) is 59.6 Å². The van der Waals surface area contributed by atoms with Crippen molar-refractivity contribution in [1.29, 1.82) is 0 Å². The van der Waals surface area contributed by atoms with Gasteiger partial charge < -0.3 is 10.1 Å². The van der Waals surface area contributed by atoms with Gasteiger partial charge in [0.05, 0.1) is 18.3 Å². The standard InChI is InChI=1S/C30H33FN6O4S2/c1-18(2)35(4)16-20-5-7-23-25(9-12-41-27(23)13-20)36-17-22(33-34-36)15-26-29(38)32-10-11-37(26)43(39,40)30-19(3)24-14-21(31)6-8-28(24)42-30/h5-8,10-11,13-14,17-18,25-26H,9,12,15-16H2,1-4H3,(H,32,38). The van der Waals surface area contributed by atoms with Gasteiger partial charge in [0.25, 0.3) is 10.0 Å². The third-order valence-electron chi connectivity index (χ3n) is 8.10. The number of carbonyl (C=O) groups excluding carboxylic acids is 1. The van der Waals surface area contributed by atoms with Crippen molar-refractivity contribution in [3.8, 4) is 5.75 Å². The number of sulfonamides is 1. The minimum atomic E-state index is -4.13. The second-order valence-electron chi connectivity index (χ2n) is 11.3. The van der Waals surface area contributed by atoms with E-state index in [1.807, 2.05) is 0 Å². The van der Waals surface area contributed by atoms with Gasteiger partial charge >= 0.3 is 0 Å². The number of benzene rings is 2. The van der Waals surface area contributed by atoms with Crippen molar-refractivity contribution in [2.24, 2.45) is 0 Å². The molecule has 0 saturated heterocycles. The molecule has 2 aliphatic heterocycles. The molecule has 226 valence electrons. The number of ether oxygens (including phenoxy) is 1. The molecule has 43 heavy (non-hydrogen) atoms. The molecule has 4 aromatic rings. The van der Waals surface area contributed by atoms with Crippen LogP contribution < -0.4 is 10.1 Å². The molecule has 2 atom stereocenters. The molecule has 2 aromatic carbocycles. The molecular weight excluding hydrogens is 592 g/mol. The first-order valence-corrected chi connectivity index (χ1v) is 16.3. The zero-order chi connectivity index (χ0) is 30.5. The van der Waals surface area contributed by atoms with Crippen LogP contribution in [0.25, 0.3) is 10.1 Å². The Balaban J connectivity index is 1.25. The van der Waals surface area contributed by atoms with Gasteiger partial charge in [0.1, 0.15) is 21.8 Å². The summed E-state index contributed by atoms with van der Waals surface area (Å²) in [6.07, 6.45) is 5.13. The van der Waals surface area contributed by atoms with Gasteiger partial charge in [-0.3, -0.25) is 14.0 Å². The number of aromatic nitrogens is 3. The van der Waals surface area contributed by atoms with Gasteiger partial charge in [0, 0.05) is 54.3 Å². The van der Waals surface area contributed by atoms with Crippen LogP contribution in [0.4, 0.5) is 4.39 Å². The third-order valence-corrected chi connectivity index (χ3v) is 11.8. The van der Waals surface area contributed by atoms with Crippen LogP contribution >= 0.6 is 11.3 Å². The molecule has 0 radical (unpaired) electrons. The molecule has 0 fully saturated rings. The number of hydrogen-bond acceptors (Lipinski definition) is 8. The first-order chi connectivity index (χ1) is 20.5. The number of aryl methyl sites for hydroxylation is 1. The number of halogens is 1. The first kappa shape index (κ1) is 29.3. The van der Waals surface area contributed by atoms with Crippen molar-refractivity contribution in [3.05, 3.63) is 83.2 Å². The molecule has 4 heterocycles. The smallest absolute Gasteiger partial charge is 0.274 e. The topological polar surface area (TPSA) is 110 Å². The second kappa shape index (κ2) is 11.4. The lowest BCUT2D eigenvalue weighted by Crippen LogP contribution is -2.50. The zero-order valence-corrected chi connectivity index (χ0v) is 26.0. The van der Waals surface area contributed by atoms with Crippen LogP contribution in [0.5, 0.6) is 5.75 Å². The van der Waals surface area contributed by atoms with Crippen LogP contribution in [-0.2, 0) is 27.8 Å². The van der Waals surface area contributed by atoms with Crippen molar-refractivity contribution >= 4 is 37.4 Å². The minimum Gasteiger partial charge on any atom is -0.493 e. The van der Waals surface area contributed by atoms with Crippen LogP contribution in [-0.4, -0.2) is 64.3 Å². The number of amides is 1. The number of nitrogens with one attached hydrogen (secondary N) is 1. The minimum absolute atomic E-state index is 0.0184. The molecule has 2 aliphatic rings. The van der Waals surface area contributed by atoms with E-state index in [4.69, 9.17) is 4.74 Å². The largest absolute Gasteiger partial charge is 0.493 e. The fraction of sp³-hybridized carbons (Fsp3) is 0.367. The molecule has 0 spiro atoms. The third kappa shape index (κ3) is 5.52. The Hall–Kier alpha value is -3.81. The molecule has 2 unspecified atom stereocenters. The average Bonchev–Trinajstić information content (AvgIpc) is 3.58. The summed E-state index contributed by atoms with van der Waals surface area (Å²) in [7, 11) is -2.05. The fourth-order valence-electron chi connectivity index (χ4n) is 5.47. The summed E-state index contributed by atoms with van der Waals surface area (Å²) in [5, 5.41) is 11.8. The zero-order valence-electron chi connectivity index (χ0n) is 24.3. The number of hydrogen-bond donors (Lipinski definition) is 1. The Morgan fingerprint density at radius 3 is 2.84 bits per heavy atom. The maximum absolute atomic E-state index is 13.9. The van der Waals surface area contributed by atoms with E-state index in [1.54, 1.807) is 23.9 Å². The van der Waals surface area contributed by atoms with Gasteiger partial charge in [0.15, 0.2) is 0 Å². The summed E-state index contributed by atoms with van der Waals surface area (Å²) < 4.78 is 51.2. The van der Waals surface area contributed by atoms with Crippen molar-refractivity contribution < 1.29 is 22.3 Å². The van der Waals surface area contributed by atoms with E-state index in [1.165, 1.54) is 24.5 Å². The van der Waals surface area contributed by atoms with E-state index in [-0.39, 0.29) is 16.7 Å². The summed E-state index contributed by atoms with van der Waals surface area (Å²) >= 11 is 1.06. The van der Waals surface area contributed by atoms with Gasteiger partial charge in [0.2, 0.25) is 5.91 Å². The summed E-state index contributed by atoms with van der Waals surface area (Å²) in [5.41, 5.74) is 3.08. The van der Waals surface area contributed by atoms with Gasteiger partial charge in [-0.1, -0.05) is 17.3 Å². The van der Waals surface area contributed by atoms with Crippen LogP contribution in [0, 0.1) is 12.7 Å². The van der Waals surface area contributed by atoms with Gasteiger partial charge in [-0.15, -0.1) is 16.4 Å². The molecule has 1 amide bonds. The number of nitrogens with zero attached hydrogens (tertiary/aromatic N) is 5. The average molecular weight is 625 g/mol. The van der Waals surface area contributed by atoms with Crippen molar-refractivity contribution in [1.82, 2.24) is 29.5 Å². The van der Waals surface area contributed by atoms with Crippen LogP contribution in [0.15, 0.2) is 59.2 Å². The summed E-state index contributed by atoms with van der Waals surface area (Å²) in [6, 6.07) is 9.67. The molecule has 1 N–H and O–H groups in total. The lowest BCUT2D eigenvalue weighted by atomic mass is 9.98. The van der Waals surface area contributed by atoms with E-state index in [9.17, 15) is 17.6 Å². The van der Waals surface area contributed by atoms with E-state index < -0.39 is 27.8 Å². The molecule has 2 aromatic heterocycles. The molecule has 10 nitrogen and oxygen atoms in total.